The molecule has 0 amide bonds. The Labute approximate surface area is 189 Å². The summed E-state index contributed by atoms with van der Waals surface area (Å²) in [5, 5.41) is 3.94. The number of pyridine rings is 3. The van der Waals surface area contributed by atoms with Gasteiger partial charge < -0.3 is 5.32 Å². The van der Waals surface area contributed by atoms with Crippen LogP contribution in [0.2, 0.25) is 5.02 Å². The molecule has 3 aromatic heterocycles. The van der Waals surface area contributed by atoms with Crippen molar-refractivity contribution < 1.29 is 13.2 Å². The molecule has 1 N–H and O–H groups in total. The van der Waals surface area contributed by atoms with Gasteiger partial charge >= 0.3 is 0 Å². The van der Waals surface area contributed by atoms with Gasteiger partial charge in [-0.05, 0) is 38.5 Å². The van der Waals surface area contributed by atoms with E-state index in [2.05, 4.69) is 20.3 Å². The third-order valence-electron chi connectivity index (χ3n) is 4.99. The Morgan fingerprint density at radius 3 is 2.47 bits per heavy atom. The lowest BCUT2D eigenvalue weighted by Crippen LogP contribution is -2.08. The van der Waals surface area contributed by atoms with Gasteiger partial charge in [0.05, 0.1) is 34.2 Å². The number of nitrogens with one attached hydrogen (secondary N) is 1. The zero-order valence-electron chi connectivity index (χ0n) is 17.5. The molecule has 164 valence electrons. The van der Waals surface area contributed by atoms with Gasteiger partial charge in [0.15, 0.2) is 5.82 Å². The largest absolute Gasteiger partial charge is 0.376 e. The summed E-state index contributed by atoms with van der Waals surface area (Å²) in [6, 6.07) is 8.65. The minimum absolute atomic E-state index is 0.0201. The summed E-state index contributed by atoms with van der Waals surface area (Å²) in [5.74, 6) is -1.49. The molecule has 0 aliphatic rings. The lowest BCUT2D eigenvalue weighted by atomic mass is 10.1. The first-order valence-electron chi connectivity index (χ1n) is 9.73. The standard InChI is InChI=1S/C23H19ClF3N4P/c1-12-20(24)23(29-11-18-14(25)5-4-8-28-18)22-17(30-12)10-16(27)21(31-22)13-6-7-19(32(2)3)15(26)9-13/h4-10H,11H2,1-3H3,(H,29,30). The van der Waals surface area contributed by atoms with Gasteiger partial charge in [-0.1, -0.05) is 31.7 Å². The summed E-state index contributed by atoms with van der Waals surface area (Å²) in [6.45, 7) is 5.61. The van der Waals surface area contributed by atoms with Crippen molar-refractivity contribution in [3.8, 4) is 11.3 Å². The highest BCUT2D eigenvalue weighted by molar-refractivity contribution is 7.64. The molecule has 4 aromatic rings. The predicted octanol–water partition coefficient (Wildman–Crippen LogP) is 6.05. The van der Waals surface area contributed by atoms with Crippen molar-refractivity contribution in [1.29, 1.82) is 0 Å². The van der Waals surface area contributed by atoms with Gasteiger partial charge in [0, 0.05) is 23.1 Å². The summed E-state index contributed by atoms with van der Waals surface area (Å²) in [5.41, 5.74) is 1.90. The molecule has 4 rings (SSSR count). The van der Waals surface area contributed by atoms with E-state index in [9.17, 15) is 13.2 Å². The van der Waals surface area contributed by atoms with E-state index in [1.54, 1.807) is 19.1 Å². The number of hydrogen-bond acceptors (Lipinski definition) is 4. The number of benzene rings is 1. The molecule has 4 nitrogen and oxygen atoms in total. The Bertz CT molecular complexity index is 1330. The average molecular weight is 475 g/mol. The van der Waals surface area contributed by atoms with Gasteiger partial charge in [0.25, 0.3) is 0 Å². The molecule has 0 aliphatic carbocycles. The summed E-state index contributed by atoms with van der Waals surface area (Å²) in [7, 11) is -0.640. The lowest BCUT2D eigenvalue weighted by Gasteiger charge is -2.15. The normalized spacial score (nSPS) is 11.4. The van der Waals surface area contributed by atoms with E-state index in [0.717, 1.165) is 0 Å². The van der Waals surface area contributed by atoms with Gasteiger partial charge in [-0.2, -0.15) is 0 Å². The molecule has 0 fully saturated rings. The third-order valence-corrected chi connectivity index (χ3v) is 6.78. The maximum atomic E-state index is 14.9. The smallest absolute Gasteiger partial charge is 0.151 e. The minimum atomic E-state index is -0.640. The van der Waals surface area contributed by atoms with Gasteiger partial charge in [-0.25, -0.2) is 23.1 Å². The minimum Gasteiger partial charge on any atom is -0.376 e. The predicted molar refractivity (Wildman–Crippen MR) is 125 cm³/mol. The van der Waals surface area contributed by atoms with E-state index in [-0.39, 0.29) is 28.5 Å². The van der Waals surface area contributed by atoms with Gasteiger partial charge in [-0.3, -0.25) is 4.98 Å². The summed E-state index contributed by atoms with van der Waals surface area (Å²) >= 11 is 6.47. The van der Waals surface area contributed by atoms with E-state index >= 15 is 0 Å². The summed E-state index contributed by atoms with van der Waals surface area (Å²) in [6.07, 6.45) is 1.49. The van der Waals surface area contributed by atoms with Crippen molar-refractivity contribution in [1.82, 2.24) is 15.0 Å². The maximum Gasteiger partial charge on any atom is 0.151 e. The van der Waals surface area contributed by atoms with Crippen LogP contribution >= 0.6 is 19.5 Å². The molecule has 0 spiro atoms. The molecule has 0 atom stereocenters. The first kappa shape index (κ1) is 22.4. The van der Waals surface area contributed by atoms with Crippen LogP contribution in [0.5, 0.6) is 0 Å². The first-order chi connectivity index (χ1) is 15.3. The van der Waals surface area contributed by atoms with Crippen LogP contribution in [-0.2, 0) is 6.54 Å². The zero-order chi connectivity index (χ0) is 23.0. The Morgan fingerprint density at radius 1 is 1.00 bits per heavy atom. The molecule has 0 saturated carbocycles. The van der Waals surface area contributed by atoms with Crippen molar-refractivity contribution in [3.63, 3.8) is 0 Å². The Balaban J connectivity index is 1.83. The van der Waals surface area contributed by atoms with E-state index in [1.807, 2.05) is 13.3 Å². The Morgan fingerprint density at radius 2 is 1.78 bits per heavy atom. The molecule has 9 heteroatoms. The van der Waals surface area contributed by atoms with Gasteiger partial charge in [-0.15, -0.1) is 0 Å². The highest BCUT2D eigenvalue weighted by Gasteiger charge is 2.18. The van der Waals surface area contributed by atoms with Crippen LogP contribution < -0.4 is 10.6 Å². The fourth-order valence-corrected chi connectivity index (χ4v) is 4.43. The van der Waals surface area contributed by atoms with Crippen molar-refractivity contribution in [3.05, 3.63) is 76.5 Å². The molecule has 1 aromatic carbocycles. The Kier molecular flexibility index (Phi) is 6.31. The highest BCUT2D eigenvalue weighted by atomic mass is 35.5. The number of halogens is 4. The summed E-state index contributed by atoms with van der Waals surface area (Å²) < 4.78 is 43.5. The third kappa shape index (κ3) is 4.27. The molecular weight excluding hydrogens is 456 g/mol. The molecule has 32 heavy (non-hydrogen) atoms. The SMILES string of the molecule is Cc1nc2cc(F)c(-c3ccc(P(C)C)c(F)c3)nc2c(NCc2ncccc2F)c1Cl. The first-order valence-corrected chi connectivity index (χ1v) is 12.3. The van der Waals surface area contributed by atoms with E-state index in [1.165, 1.54) is 30.5 Å². The highest BCUT2D eigenvalue weighted by Crippen LogP contribution is 2.35. The van der Waals surface area contributed by atoms with Crippen molar-refractivity contribution in [2.45, 2.75) is 13.5 Å². The number of aryl methyl sites for hydroxylation is 1. The maximum absolute atomic E-state index is 14.9. The van der Waals surface area contributed by atoms with Crippen LogP contribution in [0.4, 0.5) is 18.9 Å². The lowest BCUT2D eigenvalue weighted by molar-refractivity contribution is 0.602. The van der Waals surface area contributed by atoms with Crippen molar-refractivity contribution >= 4 is 41.5 Å². The van der Waals surface area contributed by atoms with Gasteiger partial charge in [0.2, 0.25) is 0 Å². The molecule has 0 saturated heterocycles. The van der Waals surface area contributed by atoms with Crippen molar-refractivity contribution in [2.24, 2.45) is 0 Å². The molecule has 3 heterocycles. The van der Waals surface area contributed by atoms with Crippen LogP contribution in [0, 0.1) is 24.4 Å². The van der Waals surface area contributed by atoms with Crippen LogP contribution in [0.1, 0.15) is 11.4 Å². The second-order valence-electron chi connectivity index (χ2n) is 7.42. The number of nitrogens with zero attached hydrogens (tertiary/aromatic N) is 3. The van der Waals surface area contributed by atoms with Crippen LogP contribution in [0.25, 0.3) is 22.3 Å². The molecule has 0 radical (unpaired) electrons. The number of hydrogen-bond donors (Lipinski definition) is 1. The fraction of sp³-hybridized carbons (Fsp3) is 0.174. The quantitative estimate of drug-likeness (QED) is 0.358. The monoisotopic (exact) mass is 474 g/mol. The van der Waals surface area contributed by atoms with Crippen LogP contribution in [-0.4, -0.2) is 28.3 Å². The molecular formula is C23H19ClF3N4P. The number of rotatable bonds is 5. The second-order valence-corrected chi connectivity index (χ2v) is 10.1. The molecule has 0 aliphatic heterocycles. The van der Waals surface area contributed by atoms with Gasteiger partial charge in [0.1, 0.15) is 22.8 Å². The van der Waals surface area contributed by atoms with E-state index < -0.39 is 25.4 Å². The molecule has 0 bridgehead atoms. The zero-order valence-corrected chi connectivity index (χ0v) is 19.2. The summed E-state index contributed by atoms with van der Waals surface area (Å²) in [4.78, 5) is 12.8. The van der Waals surface area contributed by atoms with E-state index in [4.69, 9.17) is 11.6 Å². The fourth-order valence-electron chi connectivity index (χ4n) is 3.36. The number of aromatic nitrogens is 3. The van der Waals surface area contributed by atoms with Crippen molar-refractivity contribution in [2.75, 3.05) is 18.6 Å². The number of anilines is 1. The molecule has 0 unspecified atom stereocenters. The topological polar surface area (TPSA) is 50.7 Å². The average Bonchev–Trinajstić information content (AvgIpc) is 2.74. The number of fused-ring (bicyclic) bond motifs is 1. The van der Waals surface area contributed by atoms with E-state index in [0.29, 0.717) is 27.8 Å². The van der Waals surface area contributed by atoms with Crippen LogP contribution in [0.3, 0.4) is 0 Å². The van der Waals surface area contributed by atoms with Crippen LogP contribution in [0.15, 0.2) is 42.6 Å². The second kappa shape index (κ2) is 9.00. The Hall–Kier alpha value is -2.76.